The second-order valence-corrected chi connectivity index (χ2v) is 9.82. The highest BCUT2D eigenvalue weighted by molar-refractivity contribution is 5.44. The van der Waals surface area contributed by atoms with Crippen LogP contribution >= 0.6 is 0 Å². The molecular weight excluding hydrogens is 366 g/mol. The quantitative estimate of drug-likeness (QED) is 0.242. The number of nitrogens with zero attached hydrogens (tertiary/aromatic N) is 1. The van der Waals surface area contributed by atoms with Gasteiger partial charge in [-0.1, -0.05) is 43.1 Å². The number of aliphatic hydroxyl groups excluding tert-OH is 2. The Balaban J connectivity index is 1.56. The zero-order valence-corrected chi connectivity index (χ0v) is 17.9. The van der Waals surface area contributed by atoms with E-state index < -0.39 is 12.2 Å². The van der Waals surface area contributed by atoms with Crippen LogP contribution in [0.4, 0.5) is 0 Å². The molecule has 0 unspecified atom stereocenters. The zero-order valence-electron chi connectivity index (χ0n) is 17.9. The monoisotopic (exact) mass is 405 g/mol. The van der Waals surface area contributed by atoms with Crippen molar-refractivity contribution in [2.75, 3.05) is 6.54 Å². The molecule has 5 atom stereocenters. The topological polar surface area (TPSA) is 81.0 Å². The Morgan fingerprint density at radius 3 is 2.59 bits per heavy atom. The molecular formula is C24H39NO4. The van der Waals surface area contributed by atoms with E-state index in [1.807, 2.05) is 0 Å². The fourth-order valence-corrected chi connectivity index (χ4v) is 6.24. The van der Waals surface area contributed by atoms with Crippen LogP contribution in [0.2, 0.25) is 0 Å². The van der Waals surface area contributed by atoms with Gasteiger partial charge < -0.3 is 10.2 Å². The standard InChI is InChI=1S/C24H39NO4/c1-24-12-5-6-19(9-8-18-14-21(27)16-22(28)15-18)23(24)11-10-20(24)7-3-2-4-13-25(29)17-26/h8-9,17,20-23,27-29H,2-7,10-16H2,1H3/b19-9+/t20-,21+,22+,23-,24+/m0/s1. The molecule has 29 heavy (non-hydrogen) atoms. The van der Waals surface area contributed by atoms with Crippen molar-refractivity contribution >= 4 is 6.41 Å². The first-order valence-corrected chi connectivity index (χ1v) is 11.6. The lowest BCUT2D eigenvalue weighted by Crippen LogP contribution is -2.33. The summed E-state index contributed by atoms with van der Waals surface area (Å²) in [6.07, 6.45) is 16.7. The second-order valence-electron chi connectivity index (χ2n) is 9.82. The van der Waals surface area contributed by atoms with E-state index in [2.05, 4.69) is 19.1 Å². The van der Waals surface area contributed by atoms with E-state index in [1.54, 1.807) is 5.57 Å². The summed E-state index contributed by atoms with van der Waals surface area (Å²) >= 11 is 0. The van der Waals surface area contributed by atoms with Gasteiger partial charge in [-0.25, -0.2) is 5.06 Å². The summed E-state index contributed by atoms with van der Waals surface area (Å²) in [7, 11) is 0. The van der Waals surface area contributed by atoms with Crippen molar-refractivity contribution in [3.05, 3.63) is 23.3 Å². The number of amides is 1. The second kappa shape index (κ2) is 10.2. The van der Waals surface area contributed by atoms with Crippen molar-refractivity contribution in [1.29, 1.82) is 0 Å². The van der Waals surface area contributed by atoms with Crippen molar-refractivity contribution in [1.82, 2.24) is 5.06 Å². The van der Waals surface area contributed by atoms with Crippen LogP contribution in [0, 0.1) is 17.3 Å². The van der Waals surface area contributed by atoms with Crippen LogP contribution in [0.25, 0.3) is 0 Å². The third-order valence-electron chi connectivity index (χ3n) is 7.80. The molecule has 5 nitrogen and oxygen atoms in total. The van der Waals surface area contributed by atoms with Crippen molar-refractivity contribution in [2.24, 2.45) is 17.3 Å². The van der Waals surface area contributed by atoms with Crippen LogP contribution in [0.3, 0.4) is 0 Å². The van der Waals surface area contributed by atoms with Gasteiger partial charge in [0.25, 0.3) is 0 Å². The van der Waals surface area contributed by atoms with E-state index in [0.717, 1.165) is 23.8 Å². The predicted molar refractivity (Wildman–Crippen MR) is 113 cm³/mol. The van der Waals surface area contributed by atoms with E-state index in [4.69, 9.17) is 0 Å². The molecule has 164 valence electrons. The number of fused-ring (bicyclic) bond motifs is 1. The lowest BCUT2D eigenvalue weighted by atomic mass is 9.62. The largest absolute Gasteiger partial charge is 0.393 e. The maximum absolute atomic E-state index is 10.4. The highest BCUT2D eigenvalue weighted by atomic mass is 16.5. The average molecular weight is 406 g/mol. The third kappa shape index (κ3) is 5.71. The van der Waals surface area contributed by atoms with Gasteiger partial charge in [-0.2, -0.15) is 0 Å². The van der Waals surface area contributed by atoms with Gasteiger partial charge in [-0.3, -0.25) is 10.0 Å². The van der Waals surface area contributed by atoms with Gasteiger partial charge in [0.1, 0.15) is 0 Å². The maximum atomic E-state index is 10.4. The first-order chi connectivity index (χ1) is 13.9. The Hall–Kier alpha value is -1.17. The Bertz CT molecular complexity index is 604. The molecule has 0 saturated heterocycles. The SMILES string of the molecule is C[C@]12CCC/C(=C\C=C3C[C@@H](O)C[C@H](O)C3)[C@@H]1CC[C@@H]2CCCCCN(O)C=O. The zero-order chi connectivity index (χ0) is 20.9. The molecule has 0 radical (unpaired) electrons. The molecule has 0 aromatic rings. The van der Waals surface area contributed by atoms with Crippen molar-refractivity contribution in [2.45, 2.75) is 96.2 Å². The average Bonchev–Trinajstić information content (AvgIpc) is 3.02. The number of rotatable bonds is 8. The van der Waals surface area contributed by atoms with Crippen molar-refractivity contribution in [3.63, 3.8) is 0 Å². The number of hydrogen-bond donors (Lipinski definition) is 3. The summed E-state index contributed by atoms with van der Waals surface area (Å²) < 4.78 is 0. The molecule has 3 aliphatic rings. The van der Waals surface area contributed by atoms with Crippen LogP contribution in [0.1, 0.15) is 84.0 Å². The molecule has 0 bridgehead atoms. The Morgan fingerprint density at radius 2 is 1.86 bits per heavy atom. The van der Waals surface area contributed by atoms with Gasteiger partial charge in [0.15, 0.2) is 0 Å². The number of aliphatic hydroxyl groups is 2. The minimum absolute atomic E-state index is 0.389. The van der Waals surface area contributed by atoms with Crippen LogP contribution in [0.5, 0.6) is 0 Å². The molecule has 3 N–H and O–H groups in total. The predicted octanol–water partition coefficient (Wildman–Crippen LogP) is 4.37. The number of allylic oxidation sites excluding steroid dienone is 3. The molecule has 0 heterocycles. The molecule has 3 rings (SSSR count). The summed E-state index contributed by atoms with van der Waals surface area (Å²) in [6.45, 7) is 2.92. The van der Waals surface area contributed by atoms with Gasteiger partial charge in [0.05, 0.1) is 12.2 Å². The summed E-state index contributed by atoms with van der Waals surface area (Å²) in [5.41, 5.74) is 3.14. The number of carbonyl (C=O) groups is 1. The van der Waals surface area contributed by atoms with Crippen LogP contribution in [-0.2, 0) is 4.79 Å². The maximum Gasteiger partial charge on any atom is 0.233 e. The summed E-state index contributed by atoms with van der Waals surface area (Å²) in [5.74, 6) is 1.43. The summed E-state index contributed by atoms with van der Waals surface area (Å²) in [4.78, 5) is 10.4. The van der Waals surface area contributed by atoms with Gasteiger partial charge in [0, 0.05) is 6.54 Å². The van der Waals surface area contributed by atoms with Gasteiger partial charge >= 0.3 is 0 Å². The van der Waals surface area contributed by atoms with E-state index in [9.17, 15) is 20.2 Å². The Labute approximate surface area is 175 Å². The minimum atomic E-state index is -0.402. The lowest BCUT2D eigenvalue weighted by molar-refractivity contribution is -0.149. The van der Waals surface area contributed by atoms with Gasteiger partial charge in [-0.15, -0.1) is 0 Å². The molecule has 3 aliphatic carbocycles. The fourth-order valence-electron chi connectivity index (χ4n) is 6.24. The number of carbonyl (C=O) groups excluding carboxylic acids is 1. The van der Waals surface area contributed by atoms with Crippen molar-refractivity contribution < 1.29 is 20.2 Å². The highest BCUT2D eigenvalue weighted by Gasteiger charge is 2.48. The van der Waals surface area contributed by atoms with Gasteiger partial charge in [0.2, 0.25) is 6.41 Å². The molecule has 1 amide bonds. The molecule has 0 aliphatic heterocycles. The summed E-state index contributed by atoms with van der Waals surface area (Å²) in [6, 6.07) is 0. The molecule has 0 aromatic carbocycles. The third-order valence-corrected chi connectivity index (χ3v) is 7.80. The minimum Gasteiger partial charge on any atom is -0.393 e. The van der Waals surface area contributed by atoms with Crippen molar-refractivity contribution in [3.8, 4) is 0 Å². The molecule has 5 heteroatoms. The van der Waals surface area contributed by atoms with E-state index in [1.165, 1.54) is 50.5 Å². The highest BCUT2D eigenvalue weighted by Crippen LogP contribution is 2.58. The van der Waals surface area contributed by atoms with Crippen LogP contribution < -0.4 is 0 Å². The Morgan fingerprint density at radius 1 is 1.10 bits per heavy atom. The molecule has 3 fully saturated rings. The van der Waals surface area contributed by atoms with E-state index >= 15 is 0 Å². The lowest BCUT2D eigenvalue weighted by Gasteiger charge is -2.42. The number of hydrogen-bond acceptors (Lipinski definition) is 4. The Kier molecular flexibility index (Phi) is 7.94. The fraction of sp³-hybridized carbons (Fsp3) is 0.792. The van der Waals surface area contributed by atoms with Crippen LogP contribution in [-0.4, -0.2) is 45.6 Å². The first-order valence-electron chi connectivity index (χ1n) is 11.6. The van der Waals surface area contributed by atoms with Crippen LogP contribution in [0.15, 0.2) is 23.3 Å². The molecule has 0 spiro atoms. The molecule has 0 aromatic heterocycles. The first kappa shape index (κ1) is 22.5. The normalized spacial score (nSPS) is 36.1. The van der Waals surface area contributed by atoms with Gasteiger partial charge in [-0.05, 0) is 81.5 Å². The number of hydroxylamine groups is 2. The smallest absolute Gasteiger partial charge is 0.233 e. The van der Waals surface area contributed by atoms with E-state index in [-0.39, 0.29) is 0 Å². The van der Waals surface area contributed by atoms with E-state index in [0.29, 0.717) is 43.6 Å². The summed E-state index contributed by atoms with van der Waals surface area (Å²) in [5, 5.41) is 29.8. The molecule has 3 saturated carbocycles. The number of unbranched alkanes of at least 4 members (excludes halogenated alkanes) is 2.